The van der Waals surface area contributed by atoms with Gasteiger partial charge in [-0.25, -0.2) is 0 Å². The first kappa shape index (κ1) is 20.0. The number of aromatic amines is 1. The number of ether oxygens (including phenoxy) is 1. The van der Waals surface area contributed by atoms with Gasteiger partial charge in [-0.3, -0.25) is 9.50 Å². The third kappa shape index (κ3) is 3.15. The van der Waals surface area contributed by atoms with Crippen LogP contribution < -0.4 is 9.64 Å². The highest BCUT2D eigenvalue weighted by Gasteiger charge is 2.32. The molecule has 172 valence electrons. The molecule has 0 amide bonds. The van der Waals surface area contributed by atoms with Crippen LogP contribution in [-0.4, -0.2) is 69.0 Å². The maximum atomic E-state index is 9.84. The van der Waals surface area contributed by atoms with Crippen molar-refractivity contribution in [3.8, 4) is 34.2 Å². The molecule has 2 aliphatic heterocycles. The molecule has 0 spiro atoms. The van der Waals surface area contributed by atoms with Gasteiger partial charge in [0, 0.05) is 42.3 Å². The number of nitrogens with one attached hydrogen (secondary N) is 1. The second kappa shape index (κ2) is 7.55. The molecule has 1 fully saturated rings. The molecule has 0 bridgehead atoms. The van der Waals surface area contributed by atoms with E-state index in [2.05, 4.69) is 61.5 Å². The van der Waals surface area contributed by atoms with Crippen LogP contribution in [0.25, 0.3) is 38.9 Å². The van der Waals surface area contributed by atoms with E-state index < -0.39 is 0 Å². The molecule has 35 heavy (non-hydrogen) atoms. The summed E-state index contributed by atoms with van der Waals surface area (Å²) in [5.41, 5.74) is 6.83. The molecule has 9 nitrogen and oxygen atoms in total. The van der Waals surface area contributed by atoms with Gasteiger partial charge in [0.2, 0.25) is 0 Å². The Labute approximate surface area is 201 Å². The molecule has 9 heteroatoms. The molecule has 1 N–H and O–H groups in total. The molecular formula is C26H22N8O. The van der Waals surface area contributed by atoms with Crippen LogP contribution >= 0.6 is 0 Å². The van der Waals surface area contributed by atoms with Gasteiger partial charge in [0.15, 0.2) is 5.65 Å². The Morgan fingerprint density at radius 3 is 2.97 bits per heavy atom. The molecule has 3 aromatic heterocycles. The van der Waals surface area contributed by atoms with Crippen LogP contribution in [0, 0.1) is 11.3 Å². The lowest BCUT2D eigenvalue weighted by Gasteiger charge is -2.44. The average molecular weight is 463 g/mol. The highest BCUT2D eigenvalue weighted by Crippen LogP contribution is 2.40. The standard InChI is InChI=1S/C26H22N8O/c1-32-6-7-34-19(13-32)14-35-24-9-17(2-3-23(24)34)26-21-11-20(18(12-27)8-22(21)29-31-26)16-4-5-33-15-28-30-25(33)10-16/h2-5,8-11,15,19H,6-7,13-14H2,1H3,(H,29,31). The van der Waals surface area contributed by atoms with Crippen LogP contribution in [0.1, 0.15) is 5.56 Å². The number of nitriles is 1. The molecule has 1 saturated heterocycles. The van der Waals surface area contributed by atoms with Crippen LogP contribution in [0.4, 0.5) is 5.69 Å². The highest BCUT2D eigenvalue weighted by atomic mass is 16.5. The van der Waals surface area contributed by atoms with Crippen molar-refractivity contribution in [2.24, 2.45) is 0 Å². The van der Waals surface area contributed by atoms with Gasteiger partial charge >= 0.3 is 0 Å². The van der Waals surface area contributed by atoms with Crippen molar-refractivity contribution in [2.75, 3.05) is 38.2 Å². The number of rotatable bonds is 2. The highest BCUT2D eigenvalue weighted by molar-refractivity contribution is 5.98. The average Bonchev–Trinajstić information content (AvgIpc) is 3.53. The first-order valence-electron chi connectivity index (χ1n) is 11.6. The van der Waals surface area contributed by atoms with Crippen molar-refractivity contribution >= 4 is 22.2 Å². The van der Waals surface area contributed by atoms with E-state index in [1.165, 1.54) is 0 Å². The van der Waals surface area contributed by atoms with Crippen LogP contribution in [-0.2, 0) is 0 Å². The smallest absolute Gasteiger partial charge is 0.161 e. The van der Waals surface area contributed by atoms with Gasteiger partial charge in [0.05, 0.1) is 28.9 Å². The summed E-state index contributed by atoms with van der Waals surface area (Å²) < 4.78 is 8.03. The zero-order valence-corrected chi connectivity index (χ0v) is 19.1. The monoisotopic (exact) mass is 462 g/mol. The van der Waals surface area contributed by atoms with Gasteiger partial charge in [-0.05, 0) is 49.0 Å². The number of pyridine rings is 1. The largest absolute Gasteiger partial charge is 0.489 e. The van der Waals surface area contributed by atoms with E-state index in [4.69, 9.17) is 4.74 Å². The van der Waals surface area contributed by atoms with E-state index >= 15 is 0 Å². The zero-order valence-electron chi connectivity index (χ0n) is 19.1. The second-order valence-corrected chi connectivity index (χ2v) is 9.24. The van der Waals surface area contributed by atoms with Gasteiger partial charge in [-0.1, -0.05) is 6.07 Å². The van der Waals surface area contributed by atoms with Gasteiger partial charge < -0.3 is 14.5 Å². The Morgan fingerprint density at radius 1 is 1.11 bits per heavy atom. The molecule has 1 atom stereocenters. The third-order valence-electron chi connectivity index (χ3n) is 7.09. The van der Waals surface area contributed by atoms with E-state index in [-0.39, 0.29) is 0 Å². The Morgan fingerprint density at radius 2 is 2.06 bits per heavy atom. The van der Waals surface area contributed by atoms with Crippen molar-refractivity contribution in [1.29, 1.82) is 5.26 Å². The van der Waals surface area contributed by atoms with Gasteiger partial charge in [-0.2, -0.15) is 10.4 Å². The van der Waals surface area contributed by atoms with Crippen molar-refractivity contribution < 1.29 is 4.74 Å². The number of hydrogen-bond acceptors (Lipinski definition) is 7. The number of fused-ring (bicyclic) bond motifs is 5. The van der Waals surface area contributed by atoms with Crippen LogP contribution in [0.15, 0.2) is 55.0 Å². The van der Waals surface area contributed by atoms with E-state index in [0.717, 1.165) is 70.0 Å². The predicted molar refractivity (Wildman–Crippen MR) is 132 cm³/mol. The molecule has 5 heterocycles. The fourth-order valence-corrected chi connectivity index (χ4v) is 5.27. The Hall–Kier alpha value is -4.42. The van der Waals surface area contributed by atoms with Crippen LogP contribution in [0.2, 0.25) is 0 Å². The normalized spacial score (nSPS) is 17.7. The molecule has 5 aromatic rings. The van der Waals surface area contributed by atoms with Crippen molar-refractivity contribution in [3.63, 3.8) is 0 Å². The fraction of sp³-hybridized carbons (Fsp3) is 0.231. The summed E-state index contributed by atoms with van der Waals surface area (Å²) in [6.07, 6.45) is 3.56. The number of nitrogens with zero attached hydrogens (tertiary/aromatic N) is 7. The maximum absolute atomic E-state index is 9.84. The van der Waals surface area contributed by atoms with Crippen molar-refractivity contribution in [3.05, 3.63) is 60.6 Å². The molecule has 1 unspecified atom stereocenters. The quantitative estimate of drug-likeness (QED) is 0.430. The number of H-pyrrole nitrogens is 1. The zero-order chi connectivity index (χ0) is 23.5. The number of likely N-dealkylation sites (N-methyl/N-ethyl adjacent to an activating group) is 1. The molecule has 2 aromatic carbocycles. The SMILES string of the molecule is CN1CCN2c3ccc(-c4n[nH]c5cc(C#N)c(-c6ccn7cnnc7c6)cc45)cc3OCC2C1. The molecular weight excluding hydrogens is 440 g/mol. The predicted octanol–water partition coefficient (Wildman–Crippen LogP) is 3.32. The molecule has 0 radical (unpaired) electrons. The number of anilines is 1. The van der Waals surface area contributed by atoms with Gasteiger partial charge in [0.25, 0.3) is 0 Å². The first-order valence-corrected chi connectivity index (χ1v) is 11.6. The van der Waals surface area contributed by atoms with E-state index in [0.29, 0.717) is 18.2 Å². The van der Waals surface area contributed by atoms with E-state index in [1.54, 1.807) is 6.33 Å². The molecule has 2 aliphatic rings. The summed E-state index contributed by atoms with van der Waals surface area (Å²) in [6.45, 7) is 3.74. The fourth-order valence-electron chi connectivity index (χ4n) is 5.27. The van der Waals surface area contributed by atoms with Crippen LogP contribution in [0.5, 0.6) is 5.75 Å². The molecule has 0 saturated carbocycles. The van der Waals surface area contributed by atoms with E-state index in [9.17, 15) is 5.26 Å². The Kier molecular flexibility index (Phi) is 4.31. The number of piperazine rings is 1. The third-order valence-corrected chi connectivity index (χ3v) is 7.09. The summed E-state index contributed by atoms with van der Waals surface area (Å²) in [5.74, 6) is 0.894. The number of benzene rings is 2. The molecule has 7 rings (SSSR count). The first-order chi connectivity index (χ1) is 17.2. The molecule has 0 aliphatic carbocycles. The number of hydrogen-bond donors (Lipinski definition) is 1. The lowest BCUT2D eigenvalue weighted by atomic mass is 9.97. The summed E-state index contributed by atoms with van der Waals surface area (Å²) in [4.78, 5) is 4.82. The second-order valence-electron chi connectivity index (χ2n) is 9.24. The minimum absolute atomic E-state index is 0.382. The maximum Gasteiger partial charge on any atom is 0.161 e. The number of aromatic nitrogens is 5. The van der Waals surface area contributed by atoms with Crippen molar-refractivity contribution in [1.82, 2.24) is 29.7 Å². The van der Waals surface area contributed by atoms with Gasteiger partial charge in [-0.15, -0.1) is 10.2 Å². The van der Waals surface area contributed by atoms with Crippen LogP contribution in [0.3, 0.4) is 0 Å². The lowest BCUT2D eigenvalue weighted by Crippen LogP contribution is -2.56. The summed E-state index contributed by atoms with van der Waals surface area (Å²) in [6, 6.07) is 16.8. The summed E-state index contributed by atoms with van der Waals surface area (Å²) >= 11 is 0. The van der Waals surface area contributed by atoms with E-state index in [1.807, 2.05) is 34.9 Å². The summed E-state index contributed by atoms with van der Waals surface area (Å²) in [7, 11) is 2.16. The van der Waals surface area contributed by atoms with Crippen molar-refractivity contribution in [2.45, 2.75) is 6.04 Å². The van der Waals surface area contributed by atoms with Gasteiger partial charge in [0.1, 0.15) is 24.4 Å². The minimum atomic E-state index is 0.382. The minimum Gasteiger partial charge on any atom is -0.489 e. The lowest BCUT2D eigenvalue weighted by molar-refractivity contribution is 0.188. The topological polar surface area (TPSA) is 98.4 Å². The Bertz CT molecular complexity index is 1640. The Balaban J connectivity index is 1.32. The summed E-state index contributed by atoms with van der Waals surface area (Å²) in [5, 5.41) is 26.6.